The van der Waals surface area contributed by atoms with Crippen molar-refractivity contribution in [3.8, 4) is 11.3 Å². The normalized spacial score (nSPS) is 11.1. The number of aromatic nitrogens is 2. The summed E-state index contributed by atoms with van der Waals surface area (Å²) in [7, 11) is 0. The zero-order valence-corrected chi connectivity index (χ0v) is 12.0. The van der Waals surface area contributed by atoms with Gasteiger partial charge in [-0.15, -0.1) is 0 Å². The van der Waals surface area contributed by atoms with E-state index in [1.807, 2.05) is 41.8 Å². The minimum absolute atomic E-state index is 0.670. The maximum atomic E-state index is 6.16. The third-order valence-corrected chi connectivity index (χ3v) is 3.72. The van der Waals surface area contributed by atoms with Crippen LogP contribution in [-0.2, 0) is 0 Å². The number of fused-ring (bicyclic) bond motifs is 1. The Hall–Kier alpha value is -1.32. The van der Waals surface area contributed by atoms with Crippen molar-refractivity contribution >= 4 is 33.2 Å². The molecule has 1 aromatic carbocycles. The van der Waals surface area contributed by atoms with Crippen molar-refractivity contribution in [3.05, 3.63) is 57.8 Å². The first-order chi connectivity index (χ1) is 8.66. The van der Waals surface area contributed by atoms with Crippen molar-refractivity contribution in [3.63, 3.8) is 0 Å². The van der Waals surface area contributed by atoms with E-state index in [0.29, 0.717) is 5.02 Å². The summed E-state index contributed by atoms with van der Waals surface area (Å²) in [5.41, 5.74) is 3.99. The van der Waals surface area contributed by atoms with Crippen molar-refractivity contribution in [1.82, 2.24) is 9.38 Å². The first-order valence-corrected chi connectivity index (χ1v) is 6.73. The smallest absolute Gasteiger partial charge is 0.156 e. The van der Waals surface area contributed by atoms with Crippen LogP contribution in [0.1, 0.15) is 5.69 Å². The van der Waals surface area contributed by atoms with Gasteiger partial charge in [0.1, 0.15) is 0 Å². The average Bonchev–Trinajstić information content (AvgIpc) is 2.69. The Morgan fingerprint density at radius 2 is 1.89 bits per heavy atom. The first-order valence-electron chi connectivity index (χ1n) is 5.56. The third-order valence-electron chi connectivity index (χ3n) is 2.89. The number of hydrogen-bond acceptors (Lipinski definition) is 1. The largest absolute Gasteiger partial charge is 0.298 e. The Morgan fingerprint density at radius 3 is 2.61 bits per heavy atom. The molecule has 2 nitrogen and oxygen atoms in total. The summed E-state index contributed by atoms with van der Waals surface area (Å²) in [5.74, 6) is 0. The van der Waals surface area contributed by atoms with Gasteiger partial charge in [-0.1, -0.05) is 39.7 Å². The number of aryl methyl sites for hydroxylation is 1. The molecule has 0 radical (unpaired) electrons. The molecular formula is C14H10BrClN2. The highest BCUT2D eigenvalue weighted by molar-refractivity contribution is 9.10. The van der Waals surface area contributed by atoms with Gasteiger partial charge < -0.3 is 0 Å². The van der Waals surface area contributed by atoms with Gasteiger partial charge >= 0.3 is 0 Å². The van der Waals surface area contributed by atoms with E-state index < -0.39 is 0 Å². The maximum Gasteiger partial charge on any atom is 0.156 e. The summed E-state index contributed by atoms with van der Waals surface area (Å²) < 4.78 is 3.09. The maximum absolute atomic E-state index is 6.16. The van der Waals surface area contributed by atoms with E-state index in [2.05, 4.69) is 33.0 Å². The van der Waals surface area contributed by atoms with Gasteiger partial charge in [-0.3, -0.25) is 4.40 Å². The van der Waals surface area contributed by atoms with E-state index in [9.17, 15) is 0 Å². The lowest BCUT2D eigenvalue weighted by Gasteiger charge is -2.04. The lowest BCUT2D eigenvalue weighted by Crippen LogP contribution is -1.89. The Labute approximate surface area is 118 Å². The fraction of sp³-hybridized carbons (Fsp3) is 0.0714. The number of nitrogens with zero attached hydrogens (tertiary/aromatic N) is 2. The molecular weight excluding hydrogens is 312 g/mol. The van der Waals surface area contributed by atoms with Gasteiger partial charge in [0.05, 0.1) is 16.4 Å². The van der Waals surface area contributed by atoms with Gasteiger partial charge in [0.2, 0.25) is 0 Å². The molecule has 4 heteroatoms. The minimum atomic E-state index is 0.670. The second-order valence-electron chi connectivity index (χ2n) is 4.10. The molecule has 0 aliphatic carbocycles. The molecule has 0 fully saturated rings. The topological polar surface area (TPSA) is 17.3 Å². The van der Waals surface area contributed by atoms with Gasteiger partial charge in [-0.25, -0.2) is 4.98 Å². The number of halogens is 2. The molecule has 0 aliphatic rings. The van der Waals surface area contributed by atoms with Crippen LogP contribution < -0.4 is 0 Å². The number of rotatable bonds is 1. The SMILES string of the molecule is Cc1nc2c(Cl)cccn2c1-c1ccc(Br)cc1. The monoisotopic (exact) mass is 320 g/mol. The Kier molecular flexibility index (Phi) is 2.88. The molecule has 0 N–H and O–H groups in total. The fourth-order valence-electron chi connectivity index (χ4n) is 2.10. The fourth-order valence-corrected chi connectivity index (χ4v) is 2.57. The molecule has 90 valence electrons. The Balaban J connectivity index is 2.32. The predicted molar refractivity (Wildman–Crippen MR) is 78.1 cm³/mol. The Morgan fingerprint density at radius 1 is 1.17 bits per heavy atom. The van der Waals surface area contributed by atoms with E-state index in [0.717, 1.165) is 27.1 Å². The van der Waals surface area contributed by atoms with Crippen LogP contribution in [0.25, 0.3) is 16.9 Å². The molecule has 0 saturated carbocycles. The quantitative estimate of drug-likeness (QED) is 0.633. The van der Waals surface area contributed by atoms with Crippen LogP contribution in [0.15, 0.2) is 47.1 Å². The van der Waals surface area contributed by atoms with Gasteiger partial charge in [-0.2, -0.15) is 0 Å². The molecule has 2 heterocycles. The van der Waals surface area contributed by atoms with Gasteiger partial charge in [0, 0.05) is 16.2 Å². The summed E-state index contributed by atoms with van der Waals surface area (Å²) >= 11 is 9.61. The molecule has 3 rings (SSSR count). The molecule has 0 unspecified atom stereocenters. The standard InChI is InChI=1S/C14H10BrClN2/c1-9-13(10-4-6-11(15)7-5-10)18-8-2-3-12(16)14(18)17-9/h2-8H,1H3. The summed E-state index contributed by atoms with van der Waals surface area (Å²) in [4.78, 5) is 4.53. The van der Waals surface area contributed by atoms with E-state index >= 15 is 0 Å². The van der Waals surface area contributed by atoms with Crippen molar-refractivity contribution in [2.75, 3.05) is 0 Å². The van der Waals surface area contributed by atoms with Crippen molar-refractivity contribution < 1.29 is 0 Å². The summed E-state index contributed by atoms with van der Waals surface area (Å²) in [5, 5.41) is 0.670. The summed E-state index contributed by atoms with van der Waals surface area (Å²) in [6, 6.07) is 12.0. The minimum Gasteiger partial charge on any atom is -0.298 e. The zero-order chi connectivity index (χ0) is 12.7. The Bertz CT molecular complexity index is 716. The zero-order valence-electron chi connectivity index (χ0n) is 9.69. The van der Waals surface area contributed by atoms with E-state index in [-0.39, 0.29) is 0 Å². The number of pyridine rings is 1. The number of benzene rings is 1. The molecule has 2 aromatic heterocycles. The average molecular weight is 322 g/mol. The van der Waals surface area contributed by atoms with Gasteiger partial charge in [0.15, 0.2) is 5.65 Å². The van der Waals surface area contributed by atoms with Crippen molar-refractivity contribution in [2.45, 2.75) is 6.92 Å². The predicted octanol–water partition coefficient (Wildman–Crippen LogP) is 4.73. The van der Waals surface area contributed by atoms with Gasteiger partial charge in [-0.05, 0) is 31.2 Å². The lowest BCUT2D eigenvalue weighted by atomic mass is 10.1. The van der Waals surface area contributed by atoms with Crippen molar-refractivity contribution in [1.29, 1.82) is 0 Å². The van der Waals surface area contributed by atoms with Crippen LogP contribution in [0.5, 0.6) is 0 Å². The third kappa shape index (κ3) is 1.84. The molecule has 0 amide bonds. The summed E-state index contributed by atoms with van der Waals surface area (Å²) in [6.45, 7) is 2.00. The van der Waals surface area contributed by atoms with E-state index in [1.165, 1.54) is 0 Å². The van der Waals surface area contributed by atoms with Crippen LogP contribution in [-0.4, -0.2) is 9.38 Å². The molecule has 0 atom stereocenters. The van der Waals surface area contributed by atoms with E-state index in [1.54, 1.807) is 0 Å². The molecule has 18 heavy (non-hydrogen) atoms. The molecule has 0 saturated heterocycles. The van der Waals surface area contributed by atoms with Crippen LogP contribution in [0.4, 0.5) is 0 Å². The highest BCUT2D eigenvalue weighted by atomic mass is 79.9. The number of hydrogen-bond donors (Lipinski definition) is 0. The molecule has 0 aliphatic heterocycles. The molecule has 3 aromatic rings. The van der Waals surface area contributed by atoms with E-state index in [4.69, 9.17) is 11.6 Å². The number of imidazole rings is 1. The van der Waals surface area contributed by atoms with Crippen LogP contribution in [0.2, 0.25) is 5.02 Å². The van der Waals surface area contributed by atoms with Crippen molar-refractivity contribution in [2.24, 2.45) is 0 Å². The first kappa shape index (κ1) is 11.8. The highest BCUT2D eigenvalue weighted by Gasteiger charge is 2.12. The second kappa shape index (κ2) is 4.41. The highest BCUT2D eigenvalue weighted by Crippen LogP contribution is 2.28. The second-order valence-corrected chi connectivity index (χ2v) is 5.43. The molecule has 0 bridgehead atoms. The van der Waals surface area contributed by atoms with Gasteiger partial charge in [0.25, 0.3) is 0 Å². The van der Waals surface area contributed by atoms with Crippen LogP contribution >= 0.6 is 27.5 Å². The summed E-state index contributed by atoms with van der Waals surface area (Å²) in [6.07, 6.45) is 1.98. The van der Waals surface area contributed by atoms with Crippen LogP contribution in [0.3, 0.4) is 0 Å². The van der Waals surface area contributed by atoms with Crippen LogP contribution in [0, 0.1) is 6.92 Å². The molecule has 0 spiro atoms. The lowest BCUT2D eigenvalue weighted by molar-refractivity contribution is 1.19.